The molecule has 0 aromatic heterocycles. The van der Waals surface area contributed by atoms with Gasteiger partial charge in [0.15, 0.2) is 0 Å². The van der Waals surface area contributed by atoms with E-state index >= 15 is 0 Å². The van der Waals surface area contributed by atoms with Crippen molar-refractivity contribution >= 4 is 17.5 Å². The summed E-state index contributed by atoms with van der Waals surface area (Å²) in [5.41, 5.74) is 3.70. The third kappa shape index (κ3) is 5.41. The summed E-state index contributed by atoms with van der Waals surface area (Å²) in [5, 5.41) is 5.54. The minimum absolute atomic E-state index is 0.248. The summed E-state index contributed by atoms with van der Waals surface area (Å²) >= 11 is 0. The molecule has 5 heteroatoms. The van der Waals surface area contributed by atoms with Gasteiger partial charge in [0.25, 0.3) is 0 Å². The Kier molecular flexibility index (Phi) is 6.69. The van der Waals surface area contributed by atoms with Gasteiger partial charge in [-0.1, -0.05) is 44.2 Å². The van der Waals surface area contributed by atoms with Crippen molar-refractivity contribution in [2.45, 2.75) is 39.7 Å². The Morgan fingerprint density at radius 3 is 2.08 bits per heavy atom. The van der Waals surface area contributed by atoms with E-state index in [-0.39, 0.29) is 30.6 Å². The Balaban J connectivity index is 1.91. The number of amides is 2. The second kappa shape index (κ2) is 8.97. The molecule has 0 aliphatic carbocycles. The molecule has 0 bridgehead atoms. The lowest BCUT2D eigenvalue weighted by molar-refractivity contribution is -0.126. The van der Waals surface area contributed by atoms with Gasteiger partial charge in [-0.2, -0.15) is 0 Å². The molecule has 2 aromatic carbocycles. The fraction of sp³-hybridized carbons (Fsp3) is 0.300. The fourth-order valence-corrected chi connectivity index (χ4v) is 2.60. The molecule has 132 valence electrons. The second-order valence-corrected chi connectivity index (χ2v) is 5.79. The summed E-state index contributed by atoms with van der Waals surface area (Å²) in [6.45, 7) is 4.32. The topological polar surface area (TPSA) is 58.2 Å². The van der Waals surface area contributed by atoms with Crippen molar-refractivity contribution in [3.8, 4) is 0 Å². The third-order valence-electron chi connectivity index (χ3n) is 3.99. The van der Waals surface area contributed by atoms with Gasteiger partial charge in [0.2, 0.25) is 11.8 Å². The predicted octanol–water partition coefficient (Wildman–Crippen LogP) is 3.60. The standard InChI is InChI=1S/C20H23FN2O2/c1-3-15-6-5-7-16(4-2)20(15)23-19(25)12-18(24)22-13-14-8-10-17(21)11-9-14/h5-11H,3-4,12-13H2,1-2H3,(H,22,24)(H,23,25). The van der Waals surface area contributed by atoms with E-state index < -0.39 is 0 Å². The first-order chi connectivity index (χ1) is 12.0. The highest BCUT2D eigenvalue weighted by Crippen LogP contribution is 2.22. The molecule has 2 N–H and O–H groups in total. The van der Waals surface area contributed by atoms with Crippen molar-refractivity contribution < 1.29 is 14.0 Å². The molecule has 2 rings (SSSR count). The van der Waals surface area contributed by atoms with Crippen LogP contribution in [0.2, 0.25) is 0 Å². The first-order valence-corrected chi connectivity index (χ1v) is 8.45. The predicted molar refractivity (Wildman–Crippen MR) is 96.7 cm³/mol. The number of hydrogen-bond acceptors (Lipinski definition) is 2. The van der Waals surface area contributed by atoms with Crippen molar-refractivity contribution in [1.29, 1.82) is 0 Å². The van der Waals surface area contributed by atoms with Crippen LogP contribution in [0.1, 0.15) is 37.0 Å². The van der Waals surface area contributed by atoms with E-state index in [1.807, 2.05) is 32.0 Å². The van der Waals surface area contributed by atoms with Crippen LogP contribution in [0.4, 0.5) is 10.1 Å². The van der Waals surface area contributed by atoms with Crippen LogP contribution in [-0.2, 0) is 29.0 Å². The molecule has 0 unspecified atom stereocenters. The molecule has 0 saturated heterocycles. The van der Waals surface area contributed by atoms with Gasteiger partial charge in [0.1, 0.15) is 12.2 Å². The van der Waals surface area contributed by atoms with E-state index in [2.05, 4.69) is 10.6 Å². The van der Waals surface area contributed by atoms with E-state index in [0.717, 1.165) is 35.2 Å². The highest BCUT2D eigenvalue weighted by Gasteiger charge is 2.13. The average Bonchev–Trinajstić information content (AvgIpc) is 2.61. The molecular weight excluding hydrogens is 319 g/mol. The SMILES string of the molecule is CCc1cccc(CC)c1NC(=O)CC(=O)NCc1ccc(F)cc1. The maximum atomic E-state index is 12.8. The number of carbonyl (C=O) groups excluding carboxylic acids is 2. The zero-order valence-electron chi connectivity index (χ0n) is 14.6. The van der Waals surface area contributed by atoms with E-state index in [0.29, 0.717) is 0 Å². The molecule has 2 aromatic rings. The first-order valence-electron chi connectivity index (χ1n) is 8.45. The van der Waals surface area contributed by atoms with E-state index in [9.17, 15) is 14.0 Å². The van der Waals surface area contributed by atoms with E-state index in [4.69, 9.17) is 0 Å². The molecule has 0 saturated carbocycles. The van der Waals surface area contributed by atoms with Crippen LogP contribution in [0.5, 0.6) is 0 Å². The van der Waals surface area contributed by atoms with Crippen LogP contribution in [0.15, 0.2) is 42.5 Å². The summed E-state index contributed by atoms with van der Waals surface area (Å²) in [7, 11) is 0. The zero-order valence-corrected chi connectivity index (χ0v) is 14.6. The normalized spacial score (nSPS) is 10.4. The van der Waals surface area contributed by atoms with Gasteiger partial charge in [0.05, 0.1) is 0 Å². The van der Waals surface area contributed by atoms with Crippen molar-refractivity contribution in [2.24, 2.45) is 0 Å². The Hall–Kier alpha value is -2.69. The van der Waals surface area contributed by atoms with Crippen LogP contribution in [-0.4, -0.2) is 11.8 Å². The lowest BCUT2D eigenvalue weighted by atomic mass is 10.0. The molecule has 4 nitrogen and oxygen atoms in total. The molecule has 0 fully saturated rings. The number of benzene rings is 2. The van der Waals surface area contributed by atoms with Crippen LogP contribution in [0, 0.1) is 5.82 Å². The summed E-state index contributed by atoms with van der Waals surface area (Å²) in [5.74, 6) is -1.03. The Labute approximate surface area is 147 Å². The Morgan fingerprint density at radius 1 is 0.920 bits per heavy atom. The quantitative estimate of drug-likeness (QED) is 0.756. The van der Waals surface area contributed by atoms with Gasteiger partial charge in [0, 0.05) is 12.2 Å². The molecule has 0 spiro atoms. The van der Waals surface area contributed by atoms with E-state index in [1.54, 1.807) is 12.1 Å². The number of rotatable bonds is 7. The number of para-hydroxylation sites is 1. The van der Waals surface area contributed by atoms with Crippen molar-refractivity contribution in [3.63, 3.8) is 0 Å². The second-order valence-electron chi connectivity index (χ2n) is 5.79. The smallest absolute Gasteiger partial charge is 0.233 e. The van der Waals surface area contributed by atoms with Gasteiger partial charge < -0.3 is 10.6 Å². The van der Waals surface area contributed by atoms with Crippen LogP contribution >= 0.6 is 0 Å². The monoisotopic (exact) mass is 342 g/mol. The fourth-order valence-electron chi connectivity index (χ4n) is 2.60. The summed E-state index contributed by atoms with van der Waals surface area (Å²) in [6.07, 6.45) is 1.36. The molecule has 25 heavy (non-hydrogen) atoms. The highest BCUT2D eigenvalue weighted by atomic mass is 19.1. The van der Waals surface area contributed by atoms with Crippen LogP contribution < -0.4 is 10.6 Å². The summed E-state index contributed by atoms with van der Waals surface area (Å²) in [4.78, 5) is 24.1. The molecule has 0 aliphatic rings. The first kappa shape index (κ1) is 18.6. The van der Waals surface area contributed by atoms with Crippen molar-refractivity contribution in [1.82, 2.24) is 5.32 Å². The summed E-state index contributed by atoms with van der Waals surface area (Å²) < 4.78 is 12.8. The minimum Gasteiger partial charge on any atom is -0.352 e. The molecule has 0 aliphatic heterocycles. The molecule has 0 heterocycles. The lowest BCUT2D eigenvalue weighted by Crippen LogP contribution is -2.28. The Bertz CT molecular complexity index is 720. The Morgan fingerprint density at radius 2 is 1.52 bits per heavy atom. The number of carbonyl (C=O) groups is 2. The molecular formula is C20H23FN2O2. The molecule has 0 radical (unpaired) electrons. The lowest BCUT2D eigenvalue weighted by Gasteiger charge is -2.14. The molecule has 2 amide bonds. The maximum Gasteiger partial charge on any atom is 0.233 e. The number of hydrogen-bond donors (Lipinski definition) is 2. The van der Waals surface area contributed by atoms with Gasteiger partial charge >= 0.3 is 0 Å². The highest BCUT2D eigenvalue weighted by molar-refractivity contribution is 6.04. The largest absolute Gasteiger partial charge is 0.352 e. The van der Waals surface area contributed by atoms with Gasteiger partial charge in [-0.3, -0.25) is 9.59 Å². The number of anilines is 1. The number of halogens is 1. The van der Waals surface area contributed by atoms with Crippen molar-refractivity contribution in [3.05, 3.63) is 65.0 Å². The minimum atomic E-state index is -0.367. The maximum absolute atomic E-state index is 12.8. The van der Waals surface area contributed by atoms with Gasteiger partial charge in [-0.25, -0.2) is 4.39 Å². The zero-order chi connectivity index (χ0) is 18.2. The number of aryl methyl sites for hydroxylation is 2. The average molecular weight is 342 g/mol. The van der Waals surface area contributed by atoms with E-state index in [1.165, 1.54) is 12.1 Å². The van der Waals surface area contributed by atoms with Gasteiger partial charge in [-0.05, 0) is 41.7 Å². The molecule has 0 atom stereocenters. The van der Waals surface area contributed by atoms with Crippen molar-refractivity contribution in [2.75, 3.05) is 5.32 Å². The summed E-state index contributed by atoms with van der Waals surface area (Å²) in [6, 6.07) is 11.8. The van der Waals surface area contributed by atoms with Crippen LogP contribution in [0.3, 0.4) is 0 Å². The van der Waals surface area contributed by atoms with Crippen LogP contribution in [0.25, 0.3) is 0 Å². The van der Waals surface area contributed by atoms with Gasteiger partial charge in [-0.15, -0.1) is 0 Å². The third-order valence-corrected chi connectivity index (χ3v) is 3.99. The number of nitrogens with one attached hydrogen (secondary N) is 2.